The number of benzene rings is 1. The van der Waals surface area contributed by atoms with Crippen molar-refractivity contribution in [3.8, 4) is 0 Å². The second-order valence-corrected chi connectivity index (χ2v) is 5.74. The molecule has 0 aliphatic carbocycles. The highest BCUT2D eigenvalue weighted by Gasteiger charge is 2.20. The minimum atomic E-state index is 0.161. The van der Waals surface area contributed by atoms with Crippen molar-refractivity contribution >= 4 is 28.0 Å². The summed E-state index contributed by atoms with van der Waals surface area (Å²) in [5.41, 5.74) is 2.34. The van der Waals surface area contributed by atoms with E-state index in [1.165, 1.54) is 15.8 Å². The van der Waals surface area contributed by atoms with Crippen molar-refractivity contribution in [2.24, 2.45) is 0 Å². The lowest BCUT2D eigenvalue weighted by atomic mass is 9.92. The van der Waals surface area contributed by atoms with Gasteiger partial charge in [-0.1, -0.05) is 24.3 Å². The van der Waals surface area contributed by atoms with E-state index in [2.05, 4.69) is 28.6 Å². The number of thiophene rings is 1. The zero-order valence-corrected chi connectivity index (χ0v) is 11.5. The first-order valence-electron chi connectivity index (χ1n) is 6.34. The third kappa shape index (κ3) is 2.34. The maximum absolute atomic E-state index is 11.6. The molecule has 2 nitrogen and oxygen atoms in total. The van der Waals surface area contributed by atoms with Gasteiger partial charge in [0.25, 0.3) is 0 Å². The molecule has 0 bridgehead atoms. The second kappa shape index (κ2) is 5.02. The van der Waals surface area contributed by atoms with E-state index >= 15 is 0 Å². The molecule has 2 heterocycles. The third-order valence-corrected chi connectivity index (χ3v) is 4.36. The minimum absolute atomic E-state index is 0.161. The number of Topliss-reactive ketones (excluding diaryl/α,β-unsaturated/α-hetero) is 1. The number of para-hydroxylation sites is 1. The van der Waals surface area contributed by atoms with Crippen molar-refractivity contribution in [1.29, 1.82) is 0 Å². The highest BCUT2D eigenvalue weighted by Crippen LogP contribution is 2.35. The van der Waals surface area contributed by atoms with Crippen LogP contribution in [0.2, 0.25) is 0 Å². The Morgan fingerprint density at radius 2 is 2.11 bits per heavy atom. The van der Waals surface area contributed by atoms with Gasteiger partial charge in [-0.05, 0) is 30.0 Å². The van der Waals surface area contributed by atoms with Gasteiger partial charge in [0.2, 0.25) is 0 Å². The van der Waals surface area contributed by atoms with E-state index < -0.39 is 0 Å². The van der Waals surface area contributed by atoms with Gasteiger partial charge in [-0.3, -0.25) is 4.79 Å². The molecule has 0 saturated carbocycles. The van der Waals surface area contributed by atoms with Crippen LogP contribution in [0.4, 0.5) is 0 Å². The normalized spacial score (nSPS) is 12.7. The predicted octanol–water partition coefficient (Wildman–Crippen LogP) is 4.34. The van der Waals surface area contributed by atoms with E-state index in [1.54, 1.807) is 18.3 Å². The molecule has 1 N–H and O–H groups in total. The molecule has 0 unspecified atom stereocenters. The average molecular weight is 269 g/mol. The Labute approximate surface area is 116 Å². The van der Waals surface area contributed by atoms with Crippen molar-refractivity contribution in [1.82, 2.24) is 4.98 Å². The minimum Gasteiger partial charge on any atom is -0.361 e. The van der Waals surface area contributed by atoms with Crippen LogP contribution in [0, 0.1) is 0 Å². The molecule has 3 rings (SSSR count). The summed E-state index contributed by atoms with van der Waals surface area (Å²) < 4.78 is 0. The highest BCUT2D eigenvalue weighted by molar-refractivity contribution is 7.10. The zero-order valence-electron chi connectivity index (χ0n) is 10.7. The number of aromatic amines is 1. The quantitative estimate of drug-likeness (QED) is 0.751. The first kappa shape index (κ1) is 12.2. The van der Waals surface area contributed by atoms with E-state index in [9.17, 15) is 4.79 Å². The number of ketones is 1. The van der Waals surface area contributed by atoms with E-state index in [-0.39, 0.29) is 11.7 Å². The molecule has 0 fully saturated rings. The standard InChI is InChI=1S/C16H15NOS/c1-11(18)9-13(16-7-4-8-19-16)14-10-17-15-6-3-2-5-12(14)15/h2-8,10,13,17H,9H2,1H3/t13-/m1/s1. The molecule has 0 aliphatic heterocycles. The molecule has 96 valence electrons. The Bertz CT molecular complexity index is 696. The van der Waals surface area contributed by atoms with Gasteiger partial charge in [0, 0.05) is 34.3 Å². The smallest absolute Gasteiger partial charge is 0.130 e. The third-order valence-electron chi connectivity index (χ3n) is 3.37. The molecule has 3 aromatic rings. The first-order valence-corrected chi connectivity index (χ1v) is 7.22. The SMILES string of the molecule is CC(=O)C[C@@H](c1cccs1)c1c[nH]c2ccccc12. The van der Waals surface area contributed by atoms with Crippen LogP contribution in [-0.2, 0) is 4.79 Å². The summed E-state index contributed by atoms with van der Waals surface area (Å²) in [6.45, 7) is 1.66. The van der Waals surface area contributed by atoms with E-state index in [4.69, 9.17) is 0 Å². The van der Waals surface area contributed by atoms with Gasteiger partial charge in [0.1, 0.15) is 5.78 Å². The van der Waals surface area contributed by atoms with Gasteiger partial charge in [0.05, 0.1) is 0 Å². The van der Waals surface area contributed by atoms with Crippen LogP contribution in [0.25, 0.3) is 10.9 Å². The van der Waals surface area contributed by atoms with E-state index in [0.717, 1.165) is 5.52 Å². The van der Waals surface area contributed by atoms with Crippen LogP contribution in [0.15, 0.2) is 48.0 Å². The highest BCUT2D eigenvalue weighted by atomic mass is 32.1. The maximum Gasteiger partial charge on any atom is 0.130 e. The monoisotopic (exact) mass is 269 g/mol. The maximum atomic E-state index is 11.6. The molecule has 1 aromatic carbocycles. The van der Waals surface area contributed by atoms with Gasteiger partial charge in [-0.25, -0.2) is 0 Å². The van der Waals surface area contributed by atoms with Crippen LogP contribution in [0.5, 0.6) is 0 Å². The molecule has 0 amide bonds. The molecule has 0 spiro atoms. The Balaban J connectivity index is 2.11. The second-order valence-electron chi connectivity index (χ2n) is 4.76. The Morgan fingerprint density at radius 3 is 2.84 bits per heavy atom. The lowest BCUT2D eigenvalue weighted by Crippen LogP contribution is -2.04. The Kier molecular flexibility index (Phi) is 3.22. The number of fused-ring (bicyclic) bond motifs is 1. The molecule has 0 saturated heterocycles. The van der Waals surface area contributed by atoms with Crippen LogP contribution in [-0.4, -0.2) is 10.8 Å². The number of carbonyl (C=O) groups is 1. The van der Waals surface area contributed by atoms with Crippen molar-refractivity contribution in [2.45, 2.75) is 19.3 Å². The number of aromatic nitrogens is 1. The number of H-pyrrole nitrogens is 1. The number of hydrogen-bond acceptors (Lipinski definition) is 2. The average Bonchev–Trinajstić information content (AvgIpc) is 3.05. The Morgan fingerprint density at radius 1 is 1.26 bits per heavy atom. The topological polar surface area (TPSA) is 32.9 Å². The molecule has 0 aliphatic rings. The van der Waals surface area contributed by atoms with Crippen LogP contribution >= 0.6 is 11.3 Å². The van der Waals surface area contributed by atoms with E-state index in [1.807, 2.05) is 24.4 Å². The summed E-state index contributed by atoms with van der Waals surface area (Å²) in [4.78, 5) is 16.1. The van der Waals surface area contributed by atoms with Crippen molar-refractivity contribution < 1.29 is 4.79 Å². The van der Waals surface area contributed by atoms with Crippen LogP contribution in [0.1, 0.15) is 29.7 Å². The lowest BCUT2D eigenvalue weighted by Gasteiger charge is -2.13. The summed E-state index contributed by atoms with van der Waals surface area (Å²) >= 11 is 1.71. The van der Waals surface area contributed by atoms with Gasteiger partial charge in [0.15, 0.2) is 0 Å². The van der Waals surface area contributed by atoms with Crippen molar-refractivity contribution in [3.05, 3.63) is 58.4 Å². The zero-order chi connectivity index (χ0) is 13.2. The molecular formula is C16H15NOS. The van der Waals surface area contributed by atoms with Gasteiger partial charge in [-0.15, -0.1) is 11.3 Å². The summed E-state index contributed by atoms with van der Waals surface area (Å²) in [6, 6.07) is 12.4. The van der Waals surface area contributed by atoms with Gasteiger partial charge in [-0.2, -0.15) is 0 Å². The summed E-state index contributed by atoms with van der Waals surface area (Å²) in [5, 5.41) is 3.28. The lowest BCUT2D eigenvalue weighted by molar-refractivity contribution is -0.117. The summed E-state index contributed by atoms with van der Waals surface area (Å²) in [7, 11) is 0. The first-order chi connectivity index (χ1) is 9.25. The number of rotatable bonds is 4. The molecular weight excluding hydrogens is 254 g/mol. The number of hydrogen-bond donors (Lipinski definition) is 1. The Hall–Kier alpha value is -1.87. The summed E-state index contributed by atoms with van der Waals surface area (Å²) in [6.07, 6.45) is 2.60. The number of nitrogens with one attached hydrogen (secondary N) is 1. The molecule has 1 atom stereocenters. The van der Waals surface area contributed by atoms with Crippen LogP contribution < -0.4 is 0 Å². The molecule has 2 aromatic heterocycles. The molecule has 3 heteroatoms. The van der Waals surface area contributed by atoms with Crippen molar-refractivity contribution in [2.75, 3.05) is 0 Å². The predicted molar refractivity (Wildman–Crippen MR) is 79.8 cm³/mol. The van der Waals surface area contributed by atoms with E-state index in [0.29, 0.717) is 6.42 Å². The largest absolute Gasteiger partial charge is 0.361 e. The molecule has 19 heavy (non-hydrogen) atoms. The fraction of sp³-hybridized carbons (Fsp3) is 0.188. The van der Waals surface area contributed by atoms with Crippen LogP contribution in [0.3, 0.4) is 0 Å². The van der Waals surface area contributed by atoms with Crippen molar-refractivity contribution in [3.63, 3.8) is 0 Å². The number of carbonyl (C=O) groups excluding carboxylic acids is 1. The fourth-order valence-corrected chi connectivity index (χ4v) is 3.37. The van der Waals surface area contributed by atoms with Gasteiger partial charge >= 0.3 is 0 Å². The fourth-order valence-electron chi connectivity index (χ4n) is 2.52. The molecule has 0 radical (unpaired) electrons. The summed E-state index contributed by atoms with van der Waals surface area (Å²) in [5.74, 6) is 0.386. The van der Waals surface area contributed by atoms with Gasteiger partial charge < -0.3 is 4.98 Å².